The van der Waals surface area contributed by atoms with Crippen molar-refractivity contribution in [1.29, 1.82) is 0 Å². The first kappa shape index (κ1) is 25.7. The van der Waals surface area contributed by atoms with Crippen molar-refractivity contribution >= 4 is 23.9 Å². The Morgan fingerprint density at radius 1 is 1.12 bits per heavy atom. The van der Waals surface area contributed by atoms with Crippen LogP contribution in [0.1, 0.15) is 54.4 Å². The highest BCUT2D eigenvalue weighted by Crippen LogP contribution is 2.54. The van der Waals surface area contributed by atoms with Gasteiger partial charge in [0.25, 0.3) is 6.29 Å². The van der Waals surface area contributed by atoms with Gasteiger partial charge in [-0.1, -0.05) is 13.8 Å². The third-order valence-corrected chi connectivity index (χ3v) is 5.64. The number of carbonyl (C=O) groups excluding carboxylic acids is 4. The minimum atomic E-state index is -1.07. The summed E-state index contributed by atoms with van der Waals surface area (Å²) in [5.41, 5.74) is -0.770. The lowest BCUT2D eigenvalue weighted by atomic mass is 9.85. The van der Waals surface area contributed by atoms with Gasteiger partial charge in [0.2, 0.25) is 0 Å². The van der Waals surface area contributed by atoms with Gasteiger partial charge in [-0.2, -0.15) is 0 Å². The van der Waals surface area contributed by atoms with Crippen molar-refractivity contribution in [3.8, 4) is 0 Å². The van der Waals surface area contributed by atoms with Gasteiger partial charge in [0.1, 0.15) is 17.8 Å². The van der Waals surface area contributed by atoms with Crippen molar-refractivity contribution in [2.24, 2.45) is 11.8 Å². The summed E-state index contributed by atoms with van der Waals surface area (Å²) in [6.45, 7) is 9.81. The maximum Gasteiger partial charge on any atom is 0.312 e. The van der Waals surface area contributed by atoms with Crippen LogP contribution in [0.4, 0.5) is 0 Å². The van der Waals surface area contributed by atoms with E-state index in [-0.39, 0.29) is 37.9 Å². The summed E-state index contributed by atoms with van der Waals surface area (Å²) >= 11 is 0. The summed E-state index contributed by atoms with van der Waals surface area (Å²) < 4.78 is 33.1. The smallest absolute Gasteiger partial charge is 0.312 e. The molecular formula is C24H32O10. The van der Waals surface area contributed by atoms with E-state index in [0.29, 0.717) is 11.1 Å². The molecule has 0 N–H and O–H groups in total. The third-order valence-electron chi connectivity index (χ3n) is 5.64. The standard InChI is InChI=1S/C24H32O10/c1-13(2)7-19(27)32-18-8-17-16(10-29-14(3)25)11-30-22(21(17)24(18)12-31-24)33-20(28)9-23(5,6)34-15(4)26/h8,11,13,18,21-22H,7,9-10,12H2,1-6H3/t18?,21?,22?,24-/m0/s1. The number of fused-ring (bicyclic) bond motifs is 2. The topological polar surface area (TPSA) is 127 Å². The van der Waals surface area contributed by atoms with Crippen LogP contribution in [-0.4, -0.2) is 60.7 Å². The van der Waals surface area contributed by atoms with Gasteiger partial charge in [0.05, 0.1) is 25.2 Å². The average Bonchev–Trinajstić information content (AvgIpc) is 3.39. The van der Waals surface area contributed by atoms with E-state index < -0.39 is 47.4 Å². The first-order valence-corrected chi connectivity index (χ1v) is 11.3. The van der Waals surface area contributed by atoms with Crippen LogP contribution >= 0.6 is 0 Å². The van der Waals surface area contributed by atoms with Crippen LogP contribution in [0.15, 0.2) is 23.5 Å². The molecule has 3 aliphatic rings. The third kappa shape index (κ3) is 5.97. The van der Waals surface area contributed by atoms with Crippen molar-refractivity contribution in [1.82, 2.24) is 0 Å². The Labute approximate surface area is 198 Å². The molecule has 0 bridgehead atoms. The molecule has 0 radical (unpaired) electrons. The zero-order valence-electron chi connectivity index (χ0n) is 20.4. The Morgan fingerprint density at radius 3 is 2.35 bits per heavy atom. The summed E-state index contributed by atoms with van der Waals surface area (Å²) in [6.07, 6.45) is 1.40. The Bertz CT molecular complexity index is 909. The number of ether oxygens (including phenoxy) is 6. The van der Waals surface area contributed by atoms with Gasteiger partial charge >= 0.3 is 23.9 Å². The molecule has 3 unspecified atom stereocenters. The molecule has 1 aliphatic carbocycles. The fraction of sp³-hybridized carbons (Fsp3) is 0.667. The van der Waals surface area contributed by atoms with Crippen molar-refractivity contribution in [2.75, 3.05) is 13.2 Å². The van der Waals surface area contributed by atoms with E-state index in [0.717, 1.165) is 0 Å². The minimum absolute atomic E-state index is 0.0550. The van der Waals surface area contributed by atoms with E-state index >= 15 is 0 Å². The number of esters is 4. The monoisotopic (exact) mass is 480 g/mol. The molecule has 10 nitrogen and oxygen atoms in total. The van der Waals surface area contributed by atoms with Gasteiger partial charge in [-0.25, -0.2) is 0 Å². The van der Waals surface area contributed by atoms with Gasteiger partial charge in [-0.3, -0.25) is 19.2 Å². The highest BCUT2D eigenvalue weighted by molar-refractivity contribution is 5.73. The van der Waals surface area contributed by atoms with E-state index in [1.807, 2.05) is 13.8 Å². The molecular weight excluding hydrogens is 448 g/mol. The zero-order valence-corrected chi connectivity index (χ0v) is 20.4. The molecule has 0 amide bonds. The van der Waals surface area contributed by atoms with Crippen LogP contribution in [0.3, 0.4) is 0 Å². The fourth-order valence-corrected chi connectivity index (χ4v) is 4.25. The Hall–Kier alpha value is -2.88. The Kier molecular flexibility index (Phi) is 7.40. The van der Waals surface area contributed by atoms with Gasteiger partial charge in [-0.15, -0.1) is 0 Å². The molecule has 3 rings (SSSR count). The summed E-state index contributed by atoms with van der Waals surface area (Å²) in [6, 6.07) is 0. The van der Waals surface area contributed by atoms with Gasteiger partial charge in [0.15, 0.2) is 6.10 Å². The van der Waals surface area contributed by atoms with Gasteiger partial charge < -0.3 is 28.4 Å². The highest BCUT2D eigenvalue weighted by Gasteiger charge is 2.68. The SMILES string of the molecule is CC(=O)OCC1=COC(OC(=O)CC(C)(C)OC(C)=O)C2C1=CC(OC(=O)CC(C)C)[C@@]21CO1. The molecule has 34 heavy (non-hydrogen) atoms. The molecule has 0 aromatic rings. The number of epoxide rings is 1. The molecule has 0 saturated carbocycles. The van der Waals surface area contributed by atoms with Crippen LogP contribution < -0.4 is 0 Å². The lowest BCUT2D eigenvalue weighted by Crippen LogP contribution is -2.45. The number of rotatable bonds is 9. The van der Waals surface area contributed by atoms with Crippen molar-refractivity contribution in [3.05, 3.63) is 23.5 Å². The summed E-state index contributed by atoms with van der Waals surface area (Å²) in [4.78, 5) is 47.7. The molecule has 1 spiro atoms. The first-order chi connectivity index (χ1) is 15.8. The van der Waals surface area contributed by atoms with E-state index in [9.17, 15) is 19.2 Å². The zero-order chi connectivity index (χ0) is 25.3. The molecule has 4 atom stereocenters. The predicted octanol–water partition coefficient (Wildman–Crippen LogP) is 2.35. The number of hydrogen-bond donors (Lipinski definition) is 0. The average molecular weight is 481 g/mol. The quantitative estimate of drug-likeness (QED) is 0.276. The maximum atomic E-state index is 12.7. The van der Waals surface area contributed by atoms with Gasteiger partial charge in [0, 0.05) is 25.8 Å². The molecule has 1 fully saturated rings. The normalized spacial score (nSPS) is 27.2. The maximum absolute atomic E-state index is 12.7. The molecule has 0 aromatic carbocycles. The van der Waals surface area contributed by atoms with E-state index in [1.54, 1.807) is 19.9 Å². The van der Waals surface area contributed by atoms with Crippen LogP contribution in [0.25, 0.3) is 0 Å². The Morgan fingerprint density at radius 2 is 1.79 bits per heavy atom. The second-order valence-corrected chi connectivity index (χ2v) is 9.80. The highest BCUT2D eigenvalue weighted by atomic mass is 16.7. The lowest BCUT2D eigenvalue weighted by molar-refractivity contribution is -0.190. The van der Waals surface area contributed by atoms with Crippen LogP contribution in [0.2, 0.25) is 0 Å². The van der Waals surface area contributed by atoms with E-state index in [4.69, 9.17) is 28.4 Å². The summed E-state index contributed by atoms with van der Waals surface area (Å²) in [7, 11) is 0. The van der Waals surface area contributed by atoms with Crippen LogP contribution in [-0.2, 0) is 47.6 Å². The first-order valence-electron chi connectivity index (χ1n) is 11.3. The molecule has 10 heteroatoms. The predicted molar refractivity (Wildman–Crippen MR) is 116 cm³/mol. The molecule has 1 saturated heterocycles. The summed E-state index contributed by atoms with van der Waals surface area (Å²) in [5.74, 6) is -2.45. The van der Waals surface area contributed by atoms with Crippen LogP contribution in [0, 0.1) is 11.8 Å². The minimum Gasteiger partial charge on any atom is -0.461 e. The van der Waals surface area contributed by atoms with Gasteiger partial charge in [-0.05, 0) is 31.4 Å². The second kappa shape index (κ2) is 9.77. The molecule has 2 heterocycles. The summed E-state index contributed by atoms with van der Waals surface area (Å²) in [5, 5.41) is 0. The largest absolute Gasteiger partial charge is 0.461 e. The Balaban J connectivity index is 1.81. The molecule has 2 aliphatic heterocycles. The number of hydrogen-bond acceptors (Lipinski definition) is 10. The van der Waals surface area contributed by atoms with Crippen LogP contribution in [0.5, 0.6) is 0 Å². The molecule has 0 aromatic heterocycles. The fourth-order valence-electron chi connectivity index (χ4n) is 4.25. The molecule has 188 valence electrons. The second-order valence-electron chi connectivity index (χ2n) is 9.80. The van der Waals surface area contributed by atoms with E-state index in [2.05, 4.69) is 0 Å². The van der Waals surface area contributed by atoms with Crippen molar-refractivity contribution < 1.29 is 47.6 Å². The number of carbonyl (C=O) groups is 4. The van der Waals surface area contributed by atoms with Crippen molar-refractivity contribution in [3.63, 3.8) is 0 Å². The lowest BCUT2D eigenvalue weighted by Gasteiger charge is -2.34. The van der Waals surface area contributed by atoms with E-state index in [1.165, 1.54) is 20.1 Å². The van der Waals surface area contributed by atoms with Crippen molar-refractivity contribution in [2.45, 2.75) is 78.0 Å².